The molecule has 28 heavy (non-hydrogen) atoms. The average molecular weight is 420 g/mol. The van der Waals surface area contributed by atoms with Crippen molar-refractivity contribution >= 4 is 38.9 Å². The molecule has 8 heteroatoms. The van der Waals surface area contributed by atoms with Gasteiger partial charge < -0.3 is 5.32 Å². The lowest BCUT2D eigenvalue weighted by molar-refractivity contribution is -0.116. The Kier molecular flexibility index (Phi) is 7.44. The maximum atomic E-state index is 12.2. The summed E-state index contributed by atoms with van der Waals surface area (Å²) in [5.41, 5.74) is 2.71. The van der Waals surface area contributed by atoms with Crippen LogP contribution in [0.5, 0.6) is 0 Å². The normalized spacial score (nSPS) is 10.9. The molecule has 0 aliphatic rings. The molecule has 0 atom stereocenters. The molecule has 0 unspecified atom stereocenters. The van der Waals surface area contributed by atoms with Crippen LogP contribution in [0, 0.1) is 18.3 Å². The fraction of sp³-hybridized carbons (Fsp3) is 0.300. The number of nitrogens with zero attached hydrogens (tertiary/aromatic N) is 2. The van der Waals surface area contributed by atoms with Gasteiger partial charge in [0.2, 0.25) is 15.9 Å². The first-order valence-corrected chi connectivity index (χ1v) is 10.9. The van der Waals surface area contributed by atoms with E-state index in [2.05, 4.69) is 11.4 Å². The van der Waals surface area contributed by atoms with Crippen molar-refractivity contribution in [1.82, 2.24) is 0 Å². The van der Waals surface area contributed by atoms with Gasteiger partial charge in [0.15, 0.2) is 0 Å². The standard InChI is InChI=1S/C20H22ClN3O3S/c1-15-18(21)5-3-6-19(15)24(28(2,26)27)14-4-7-20(25)23-17-10-8-16(9-11-17)12-13-22/h3,5-6,8-11H,4,7,12,14H2,1-2H3,(H,23,25). The van der Waals surface area contributed by atoms with Gasteiger partial charge in [-0.3, -0.25) is 9.10 Å². The van der Waals surface area contributed by atoms with Crippen LogP contribution in [0.4, 0.5) is 11.4 Å². The predicted octanol–water partition coefficient (Wildman–Crippen LogP) is 3.90. The van der Waals surface area contributed by atoms with E-state index in [1.807, 2.05) is 0 Å². The molecule has 0 aliphatic carbocycles. The van der Waals surface area contributed by atoms with E-state index in [1.54, 1.807) is 49.4 Å². The maximum absolute atomic E-state index is 12.2. The minimum Gasteiger partial charge on any atom is -0.326 e. The molecule has 2 rings (SSSR count). The molecule has 148 valence electrons. The molecule has 2 aromatic carbocycles. The lowest BCUT2D eigenvalue weighted by Crippen LogP contribution is -2.32. The van der Waals surface area contributed by atoms with Gasteiger partial charge in [-0.25, -0.2) is 8.42 Å². The maximum Gasteiger partial charge on any atom is 0.232 e. The van der Waals surface area contributed by atoms with E-state index < -0.39 is 10.0 Å². The van der Waals surface area contributed by atoms with Crippen LogP contribution in [0.3, 0.4) is 0 Å². The molecule has 1 N–H and O–H groups in total. The second kappa shape index (κ2) is 9.58. The highest BCUT2D eigenvalue weighted by molar-refractivity contribution is 7.92. The molecule has 0 saturated carbocycles. The van der Waals surface area contributed by atoms with Crippen molar-refractivity contribution in [2.45, 2.75) is 26.2 Å². The number of hydrogen-bond donors (Lipinski definition) is 1. The van der Waals surface area contributed by atoms with Crippen molar-refractivity contribution < 1.29 is 13.2 Å². The minimum atomic E-state index is -3.51. The van der Waals surface area contributed by atoms with Gasteiger partial charge in [-0.05, 0) is 48.7 Å². The van der Waals surface area contributed by atoms with Crippen molar-refractivity contribution in [1.29, 1.82) is 5.26 Å². The molecule has 0 spiro atoms. The monoisotopic (exact) mass is 419 g/mol. The summed E-state index contributed by atoms with van der Waals surface area (Å²) in [4.78, 5) is 12.2. The summed E-state index contributed by atoms with van der Waals surface area (Å²) >= 11 is 6.11. The van der Waals surface area contributed by atoms with Gasteiger partial charge in [0, 0.05) is 23.7 Å². The lowest BCUT2D eigenvalue weighted by Gasteiger charge is -2.24. The van der Waals surface area contributed by atoms with Gasteiger partial charge in [0.25, 0.3) is 0 Å². The molecule has 1 amide bonds. The summed E-state index contributed by atoms with van der Waals surface area (Å²) < 4.78 is 25.7. The molecular weight excluding hydrogens is 398 g/mol. The van der Waals surface area contributed by atoms with Crippen molar-refractivity contribution in [3.8, 4) is 6.07 Å². The first-order valence-electron chi connectivity index (χ1n) is 8.71. The van der Waals surface area contributed by atoms with E-state index in [9.17, 15) is 13.2 Å². The highest BCUT2D eigenvalue weighted by Gasteiger charge is 2.20. The number of benzene rings is 2. The van der Waals surface area contributed by atoms with Crippen LogP contribution < -0.4 is 9.62 Å². The summed E-state index contributed by atoms with van der Waals surface area (Å²) in [7, 11) is -3.51. The Hall–Kier alpha value is -2.56. The van der Waals surface area contributed by atoms with Crippen molar-refractivity contribution in [2.24, 2.45) is 0 Å². The van der Waals surface area contributed by atoms with Crippen LogP contribution in [0.25, 0.3) is 0 Å². The van der Waals surface area contributed by atoms with Crippen molar-refractivity contribution in [3.05, 3.63) is 58.6 Å². The number of carbonyl (C=O) groups excluding carboxylic acids is 1. The molecule has 0 aromatic heterocycles. The van der Waals surface area contributed by atoms with Crippen LogP contribution in [-0.2, 0) is 21.2 Å². The number of halogens is 1. The zero-order valence-electron chi connectivity index (χ0n) is 15.8. The third-order valence-electron chi connectivity index (χ3n) is 4.19. The summed E-state index contributed by atoms with van der Waals surface area (Å²) in [6.45, 7) is 1.94. The summed E-state index contributed by atoms with van der Waals surface area (Å²) in [6.07, 6.45) is 1.98. The smallest absolute Gasteiger partial charge is 0.232 e. The van der Waals surface area contributed by atoms with Crippen LogP contribution in [-0.4, -0.2) is 27.1 Å². The lowest BCUT2D eigenvalue weighted by atomic mass is 10.1. The number of hydrogen-bond acceptors (Lipinski definition) is 4. The van der Waals surface area contributed by atoms with Crippen LogP contribution >= 0.6 is 11.6 Å². The topological polar surface area (TPSA) is 90.3 Å². The zero-order valence-corrected chi connectivity index (χ0v) is 17.3. The summed E-state index contributed by atoms with van der Waals surface area (Å²) in [5.74, 6) is -0.204. The first-order chi connectivity index (χ1) is 13.2. The number of rotatable bonds is 8. The average Bonchev–Trinajstić information content (AvgIpc) is 2.62. The fourth-order valence-corrected chi connectivity index (χ4v) is 3.92. The molecule has 0 fully saturated rings. The van der Waals surface area contributed by atoms with Crippen LogP contribution in [0.1, 0.15) is 24.0 Å². The van der Waals surface area contributed by atoms with E-state index in [0.29, 0.717) is 34.8 Å². The molecule has 0 bridgehead atoms. The minimum absolute atomic E-state index is 0.172. The van der Waals surface area contributed by atoms with E-state index in [4.69, 9.17) is 16.9 Å². The Labute approximate surface area is 170 Å². The molecule has 2 aromatic rings. The highest BCUT2D eigenvalue weighted by Crippen LogP contribution is 2.28. The largest absolute Gasteiger partial charge is 0.326 e. The van der Waals surface area contributed by atoms with E-state index >= 15 is 0 Å². The number of nitriles is 1. The van der Waals surface area contributed by atoms with Crippen LogP contribution in [0.2, 0.25) is 5.02 Å². The number of anilines is 2. The Morgan fingerprint density at radius 3 is 2.50 bits per heavy atom. The van der Waals surface area contributed by atoms with E-state index in [1.165, 1.54) is 4.31 Å². The van der Waals surface area contributed by atoms with Gasteiger partial charge in [0.05, 0.1) is 24.4 Å². The Morgan fingerprint density at radius 2 is 1.89 bits per heavy atom. The third kappa shape index (κ3) is 5.98. The number of nitrogens with one attached hydrogen (secondary N) is 1. The van der Waals surface area contributed by atoms with Crippen molar-refractivity contribution in [3.63, 3.8) is 0 Å². The Balaban J connectivity index is 1.97. The Bertz CT molecular complexity index is 983. The molecule has 0 aliphatic heterocycles. The highest BCUT2D eigenvalue weighted by atomic mass is 35.5. The number of amides is 1. The number of carbonyl (C=O) groups is 1. The van der Waals surface area contributed by atoms with Gasteiger partial charge >= 0.3 is 0 Å². The number of sulfonamides is 1. The van der Waals surface area contributed by atoms with Gasteiger partial charge in [-0.2, -0.15) is 5.26 Å². The second-order valence-corrected chi connectivity index (χ2v) is 8.72. The van der Waals surface area contributed by atoms with E-state index in [0.717, 1.165) is 11.8 Å². The van der Waals surface area contributed by atoms with Crippen LogP contribution in [0.15, 0.2) is 42.5 Å². The fourth-order valence-electron chi connectivity index (χ4n) is 2.74. The summed E-state index contributed by atoms with van der Waals surface area (Å²) in [6, 6.07) is 14.2. The SMILES string of the molecule is Cc1c(Cl)cccc1N(CCCC(=O)Nc1ccc(CC#N)cc1)S(C)(=O)=O. The zero-order chi connectivity index (χ0) is 20.7. The predicted molar refractivity (Wildman–Crippen MR) is 112 cm³/mol. The van der Waals surface area contributed by atoms with Gasteiger partial charge in [0.1, 0.15) is 0 Å². The van der Waals surface area contributed by atoms with E-state index in [-0.39, 0.29) is 18.9 Å². The van der Waals surface area contributed by atoms with Gasteiger partial charge in [-0.1, -0.05) is 29.8 Å². The Morgan fingerprint density at radius 1 is 1.21 bits per heavy atom. The van der Waals surface area contributed by atoms with Gasteiger partial charge in [-0.15, -0.1) is 0 Å². The third-order valence-corrected chi connectivity index (χ3v) is 5.78. The quantitative estimate of drug-likeness (QED) is 0.702. The molecular formula is C20H22ClN3O3S. The first kappa shape index (κ1) is 21.7. The summed E-state index contributed by atoms with van der Waals surface area (Å²) in [5, 5.41) is 11.9. The van der Waals surface area contributed by atoms with Crippen molar-refractivity contribution in [2.75, 3.05) is 22.4 Å². The molecule has 6 nitrogen and oxygen atoms in total. The molecule has 0 saturated heterocycles. The molecule has 0 radical (unpaired) electrons. The second-order valence-electron chi connectivity index (χ2n) is 6.40. The molecule has 0 heterocycles.